The van der Waals surface area contributed by atoms with Crippen LogP contribution in [0.2, 0.25) is 5.02 Å². The second-order valence-electron chi connectivity index (χ2n) is 6.11. The highest BCUT2D eigenvalue weighted by Crippen LogP contribution is 2.36. The molecule has 1 amide bonds. The van der Waals surface area contributed by atoms with E-state index in [0.717, 1.165) is 20.1 Å². The molecule has 28 heavy (non-hydrogen) atoms. The van der Waals surface area contributed by atoms with Gasteiger partial charge in [-0.3, -0.25) is 9.69 Å². The first kappa shape index (κ1) is 21.3. The number of hydrogen-bond donors (Lipinski definition) is 0. The van der Waals surface area contributed by atoms with Crippen LogP contribution in [0.4, 0.5) is 0 Å². The van der Waals surface area contributed by atoms with Gasteiger partial charge in [0, 0.05) is 24.2 Å². The lowest BCUT2D eigenvalue weighted by Crippen LogP contribution is -2.30. The highest BCUT2D eigenvalue weighted by Gasteiger charge is 2.34. The molecule has 1 saturated heterocycles. The molecule has 8 heteroatoms. The molecule has 0 N–H and O–H groups in total. The molecule has 1 aliphatic heterocycles. The number of likely N-dealkylation sites (N-methyl/N-ethyl adjacent to an activating group) is 2. The van der Waals surface area contributed by atoms with Crippen LogP contribution in [0, 0.1) is 0 Å². The van der Waals surface area contributed by atoms with Gasteiger partial charge in [0.2, 0.25) is 0 Å². The minimum absolute atomic E-state index is 0.0960. The van der Waals surface area contributed by atoms with E-state index < -0.39 is 0 Å². The normalized spacial score (nSPS) is 15.7. The van der Waals surface area contributed by atoms with Gasteiger partial charge in [-0.15, -0.1) is 0 Å². The van der Waals surface area contributed by atoms with Crippen LogP contribution in [-0.2, 0) is 11.4 Å². The Bertz CT molecular complexity index is 957. The standard InChI is InChI=1S/C20H17Br2ClN2O2S/c1-3-25-19(26)17(24(2)20(25)28)10-12-8-14(21)18(15(22)9-12)27-11-13-6-4-5-7-16(13)23/h4-10H,3,11H2,1-2H3/b17-10-. The zero-order valence-electron chi connectivity index (χ0n) is 15.2. The summed E-state index contributed by atoms with van der Waals surface area (Å²) < 4.78 is 7.48. The predicted octanol–water partition coefficient (Wildman–Crippen LogP) is 5.86. The number of ether oxygens (including phenoxy) is 1. The number of nitrogens with zero attached hydrogens (tertiary/aromatic N) is 2. The lowest BCUT2D eigenvalue weighted by atomic mass is 10.1. The van der Waals surface area contributed by atoms with E-state index in [1.54, 1.807) is 16.8 Å². The van der Waals surface area contributed by atoms with E-state index in [1.165, 1.54) is 0 Å². The molecule has 1 heterocycles. The fraction of sp³-hybridized carbons (Fsp3) is 0.200. The molecule has 1 fully saturated rings. The Hall–Kier alpha value is -1.41. The molecule has 2 aromatic rings. The van der Waals surface area contributed by atoms with Gasteiger partial charge in [-0.25, -0.2) is 0 Å². The molecular weight excluding hydrogens is 528 g/mol. The van der Waals surface area contributed by atoms with Gasteiger partial charge in [-0.05, 0) is 80.8 Å². The van der Waals surface area contributed by atoms with E-state index in [2.05, 4.69) is 31.9 Å². The number of carbonyl (C=O) groups is 1. The number of halogens is 3. The Morgan fingerprint density at radius 1 is 1.21 bits per heavy atom. The average Bonchev–Trinajstić information content (AvgIpc) is 2.85. The van der Waals surface area contributed by atoms with Gasteiger partial charge < -0.3 is 9.64 Å². The number of carbonyl (C=O) groups excluding carboxylic acids is 1. The van der Waals surface area contributed by atoms with Crippen LogP contribution >= 0.6 is 55.7 Å². The first-order valence-electron chi connectivity index (χ1n) is 8.50. The maximum Gasteiger partial charge on any atom is 0.276 e. The Labute approximate surface area is 191 Å². The second-order valence-corrected chi connectivity index (χ2v) is 8.60. The van der Waals surface area contributed by atoms with Crippen LogP contribution < -0.4 is 4.74 Å². The van der Waals surface area contributed by atoms with Crippen LogP contribution in [0.15, 0.2) is 51.0 Å². The molecule has 3 rings (SSSR count). The smallest absolute Gasteiger partial charge is 0.276 e. The Morgan fingerprint density at radius 3 is 2.43 bits per heavy atom. The minimum Gasteiger partial charge on any atom is -0.486 e. The lowest BCUT2D eigenvalue weighted by Gasteiger charge is -2.14. The molecule has 0 saturated carbocycles. The van der Waals surface area contributed by atoms with E-state index in [4.69, 9.17) is 28.6 Å². The van der Waals surface area contributed by atoms with Crippen molar-refractivity contribution in [3.05, 3.63) is 67.2 Å². The van der Waals surface area contributed by atoms with Gasteiger partial charge in [0.15, 0.2) is 5.11 Å². The number of rotatable bonds is 5. The van der Waals surface area contributed by atoms with Crippen molar-refractivity contribution in [3.8, 4) is 5.75 Å². The van der Waals surface area contributed by atoms with Crippen molar-refractivity contribution in [2.45, 2.75) is 13.5 Å². The van der Waals surface area contributed by atoms with Crippen molar-refractivity contribution in [3.63, 3.8) is 0 Å². The van der Waals surface area contributed by atoms with Crippen molar-refractivity contribution >= 4 is 72.8 Å². The van der Waals surface area contributed by atoms with Crippen molar-refractivity contribution in [1.29, 1.82) is 0 Å². The fourth-order valence-electron chi connectivity index (χ4n) is 2.81. The van der Waals surface area contributed by atoms with Crippen LogP contribution in [0.25, 0.3) is 6.08 Å². The van der Waals surface area contributed by atoms with Crippen molar-refractivity contribution in [2.24, 2.45) is 0 Å². The summed E-state index contributed by atoms with van der Waals surface area (Å²) in [5.74, 6) is 0.570. The van der Waals surface area contributed by atoms with Gasteiger partial charge >= 0.3 is 0 Å². The molecule has 1 aliphatic rings. The molecule has 0 radical (unpaired) electrons. The fourth-order valence-corrected chi connectivity index (χ4v) is 4.77. The highest BCUT2D eigenvalue weighted by atomic mass is 79.9. The first-order valence-corrected chi connectivity index (χ1v) is 10.9. The SMILES string of the molecule is CCN1C(=O)/C(=C/c2cc(Br)c(OCc3ccccc3Cl)c(Br)c2)N(C)C1=S. The lowest BCUT2D eigenvalue weighted by molar-refractivity contribution is -0.122. The minimum atomic E-state index is -0.0960. The molecule has 0 unspecified atom stereocenters. The third-order valence-corrected chi connectivity index (χ3v) is 6.35. The molecule has 2 aromatic carbocycles. The summed E-state index contributed by atoms with van der Waals surface area (Å²) in [6.45, 7) is 2.79. The topological polar surface area (TPSA) is 32.8 Å². The van der Waals surface area contributed by atoms with Crippen molar-refractivity contribution in [1.82, 2.24) is 9.80 Å². The third-order valence-electron chi connectivity index (χ3n) is 4.31. The van der Waals surface area contributed by atoms with Gasteiger partial charge in [0.1, 0.15) is 18.1 Å². The summed E-state index contributed by atoms with van der Waals surface area (Å²) in [6, 6.07) is 11.4. The number of benzene rings is 2. The van der Waals surface area contributed by atoms with Crippen LogP contribution in [0.1, 0.15) is 18.1 Å². The first-order chi connectivity index (χ1) is 13.3. The number of amides is 1. The molecule has 0 atom stereocenters. The second kappa shape index (κ2) is 8.95. The molecule has 146 valence electrons. The van der Waals surface area contributed by atoms with Crippen molar-refractivity contribution in [2.75, 3.05) is 13.6 Å². The quantitative estimate of drug-likeness (QED) is 0.349. The zero-order chi connectivity index (χ0) is 20.4. The summed E-state index contributed by atoms with van der Waals surface area (Å²) >= 11 is 18.6. The monoisotopic (exact) mass is 542 g/mol. The summed E-state index contributed by atoms with van der Waals surface area (Å²) in [6.07, 6.45) is 1.82. The molecular formula is C20H17Br2ClN2O2S. The maximum atomic E-state index is 12.6. The van der Waals surface area contributed by atoms with E-state index in [9.17, 15) is 4.79 Å². The Balaban J connectivity index is 1.85. The molecule has 4 nitrogen and oxygen atoms in total. The molecule has 0 aliphatic carbocycles. The summed E-state index contributed by atoms with van der Waals surface area (Å²) in [7, 11) is 1.80. The highest BCUT2D eigenvalue weighted by molar-refractivity contribution is 9.11. The van der Waals surface area contributed by atoms with Crippen LogP contribution in [0.3, 0.4) is 0 Å². The zero-order valence-corrected chi connectivity index (χ0v) is 20.0. The van der Waals surface area contributed by atoms with Gasteiger partial charge in [-0.1, -0.05) is 29.8 Å². The summed E-state index contributed by atoms with van der Waals surface area (Å²) in [5, 5.41) is 1.17. The molecule has 0 bridgehead atoms. The maximum absolute atomic E-state index is 12.6. The molecule has 0 spiro atoms. The van der Waals surface area contributed by atoms with Crippen LogP contribution in [-0.4, -0.2) is 34.4 Å². The number of thiocarbonyl (C=S) groups is 1. The van der Waals surface area contributed by atoms with Gasteiger partial charge in [-0.2, -0.15) is 0 Å². The summed E-state index contributed by atoms with van der Waals surface area (Å²) in [5.41, 5.74) is 2.29. The Kier molecular flexibility index (Phi) is 6.81. The third kappa shape index (κ3) is 4.27. The molecule has 0 aromatic heterocycles. The van der Waals surface area contributed by atoms with Crippen LogP contribution in [0.5, 0.6) is 5.75 Å². The average molecular weight is 545 g/mol. The predicted molar refractivity (Wildman–Crippen MR) is 123 cm³/mol. The van der Waals surface area contributed by atoms with Gasteiger partial charge in [0.05, 0.1) is 8.95 Å². The van der Waals surface area contributed by atoms with E-state index in [-0.39, 0.29) is 5.91 Å². The van der Waals surface area contributed by atoms with E-state index in [0.29, 0.717) is 34.7 Å². The largest absolute Gasteiger partial charge is 0.486 e. The van der Waals surface area contributed by atoms with E-state index >= 15 is 0 Å². The number of hydrogen-bond acceptors (Lipinski definition) is 3. The summed E-state index contributed by atoms with van der Waals surface area (Å²) in [4.78, 5) is 15.9. The van der Waals surface area contributed by atoms with Gasteiger partial charge in [0.25, 0.3) is 5.91 Å². The Morgan fingerprint density at radius 2 is 1.86 bits per heavy atom. The van der Waals surface area contributed by atoms with E-state index in [1.807, 2.05) is 49.4 Å². The van der Waals surface area contributed by atoms with Crippen molar-refractivity contribution < 1.29 is 9.53 Å².